The molecule has 0 aliphatic carbocycles. The normalized spacial score (nSPS) is 18.3. The van der Waals surface area contributed by atoms with E-state index in [9.17, 15) is 9.59 Å². The molecule has 2 aromatic carbocycles. The van der Waals surface area contributed by atoms with Crippen LogP contribution in [0.1, 0.15) is 64.1 Å². The van der Waals surface area contributed by atoms with Crippen molar-refractivity contribution in [3.63, 3.8) is 0 Å². The average molecular weight is 378 g/mol. The first-order chi connectivity index (χ1) is 13.6. The van der Waals surface area contributed by atoms with Gasteiger partial charge in [-0.15, -0.1) is 0 Å². The van der Waals surface area contributed by atoms with E-state index in [0.29, 0.717) is 29.3 Å². The SMILES string of the molecule is CCC(=O)c1cc(C(=O)Nc2ccc3c(c2)C2CCCN2CC3)ccc1OC. The highest BCUT2D eigenvalue weighted by atomic mass is 16.5. The number of amides is 1. The molecular weight excluding hydrogens is 352 g/mol. The van der Waals surface area contributed by atoms with E-state index in [0.717, 1.165) is 18.7 Å². The first kappa shape index (κ1) is 18.7. The number of ketones is 1. The Morgan fingerprint density at radius 2 is 2.04 bits per heavy atom. The van der Waals surface area contributed by atoms with E-state index in [1.54, 1.807) is 25.1 Å². The molecule has 1 unspecified atom stereocenters. The Balaban J connectivity index is 1.57. The number of nitrogens with one attached hydrogen (secondary N) is 1. The van der Waals surface area contributed by atoms with Gasteiger partial charge in [0.1, 0.15) is 5.75 Å². The van der Waals surface area contributed by atoms with Crippen molar-refractivity contribution in [2.75, 3.05) is 25.5 Å². The number of Topliss-reactive ketones (excluding diaryl/α,β-unsaturated/α-hetero) is 1. The zero-order valence-corrected chi connectivity index (χ0v) is 16.5. The molecule has 0 aromatic heterocycles. The summed E-state index contributed by atoms with van der Waals surface area (Å²) in [5.41, 5.74) is 4.44. The molecule has 0 saturated carbocycles. The van der Waals surface area contributed by atoms with Crippen molar-refractivity contribution < 1.29 is 14.3 Å². The molecular formula is C23H26N2O3. The van der Waals surface area contributed by atoms with Crippen LogP contribution in [0.5, 0.6) is 5.75 Å². The zero-order chi connectivity index (χ0) is 19.7. The van der Waals surface area contributed by atoms with Crippen molar-refractivity contribution in [3.05, 3.63) is 58.7 Å². The summed E-state index contributed by atoms with van der Waals surface area (Å²) in [5, 5.41) is 3.00. The van der Waals surface area contributed by atoms with E-state index in [-0.39, 0.29) is 11.7 Å². The third kappa shape index (κ3) is 3.42. The van der Waals surface area contributed by atoms with Crippen LogP contribution in [0.2, 0.25) is 0 Å². The minimum atomic E-state index is -0.216. The lowest BCUT2D eigenvalue weighted by Crippen LogP contribution is -2.31. The topological polar surface area (TPSA) is 58.6 Å². The van der Waals surface area contributed by atoms with E-state index in [2.05, 4.69) is 22.3 Å². The summed E-state index contributed by atoms with van der Waals surface area (Å²) in [6.45, 7) is 4.10. The molecule has 2 aliphatic heterocycles. The Bertz CT molecular complexity index is 922. The monoisotopic (exact) mass is 378 g/mol. The van der Waals surface area contributed by atoms with Gasteiger partial charge in [0, 0.05) is 30.3 Å². The van der Waals surface area contributed by atoms with Crippen LogP contribution < -0.4 is 10.1 Å². The van der Waals surface area contributed by atoms with E-state index >= 15 is 0 Å². The number of nitrogens with zero attached hydrogens (tertiary/aromatic N) is 1. The third-order valence-electron chi connectivity index (χ3n) is 5.88. The highest BCUT2D eigenvalue weighted by Crippen LogP contribution is 2.38. The fourth-order valence-corrected chi connectivity index (χ4v) is 4.38. The third-order valence-corrected chi connectivity index (χ3v) is 5.88. The molecule has 1 N–H and O–H groups in total. The molecule has 2 heterocycles. The lowest BCUT2D eigenvalue weighted by Gasteiger charge is -2.32. The lowest BCUT2D eigenvalue weighted by atomic mass is 9.92. The molecule has 1 amide bonds. The van der Waals surface area contributed by atoms with Crippen molar-refractivity contribution >= 4 is 17.4 Å². The second-order valence-electron chi connectivity index (χ2n) is 7.50. The highest BCUT2D eigenvalue weighted by molar-refractivity contribution is 6.07. The van der Waals surface area contributed by atoms with Gasteiger partial charge in [-0.1, -0.05) is 13.0 Å². The van der Waals surface area contributed by atoms with Gasteiger partial charge in [0.05, 0.1) is 12.7 Å². The first-order valence-corrected chi connectivity index (χ1v) is 10.00. The highest BCUT2D eigenvalue weighted by Gasteiger charge is 2.31. The first-order valence-electron chi connectivity index (χ1n) is 10.00. The van der Waals surface area contributed by atoms with Crippen molar-refractivity contribution in [3.8, 4) is 5.75 Å². The molecule has 28 heavy (non-hydrogen) atoms. The van der Waals surface area contributed by atoms with Gasteiger partial charge in [-0.3, -0.25) is 14.5 Å². The van der Waals surface area contributed by atoms with Crippen molar-refractivity contribution in [2.24, 2.45) is 0 Å². The van der Waals surface area contributed by atoms with Crippen LogP contribution in [0, 0.1) is 0 Å². The molecule has 4 rings (SSSR count). The molecule has 0 spiro atoms. The Labute approximate surface area is 165 Å². The maximum atomic E-state index is 12.8. The summed E-state index contributed by atoms with van der Waals surface area (Å²) in [7, 11) is 1.53. The molecule has 1 saturated heterocycles. The van der Waals surface area contributed by atoms with E-state index in [1.807, 2.05) is 6.07 Å². The smallest absolute Gasteiger partial charge is 0.255 e. The molecule has 1 atom stereocenters. The van der Waals surface area contributed by atoms with Crippen molar-refractivity contribution in [1.29, 1.82) is 0 Å². The fourth-order valence-electron chi connectivity index (χ4n) is 4.38. The fraction of sp³-hybridized carbons (Fsp3) is 0.391. The molecule has 5 nitrogen and oxygen atoms in total. The van der Waals surface area contributed by atoms with Gasteiger partial charge in [-0.05, 0) is 67.3 Å². The van der Waals surface area contributed by atoms with Gasteiger partial charge < -0.3 is 10.1 Å². The number of fused-ring (bicyclic) bond motifs is 3. The summed E-state index contributed by atoms with van der Waals surface area (Å²) in [4.78, 5) is 27.5. The quantitative estimate of drug-likeness (QED) is 0.791. The number of benzene rings is 2. The number of methoxy groups -OCH3 is 1. The summed E-state index contributed by atoms with van der Waals surface area (Å²) in [5.74, 6) is 0.243. The van der Waals surface area contributed by atoms with Crippen LogP contribution in [0.4, 0.5) is 5.69 Å². The number of hydrogen-bond acceptors (Lipinski definition) is 4. The second-order valence-corrected chi connectivity index (χ2v) is 7.50. The minimum absolute atomic E-state index is 0.0402. The number of anilines is 1. The van der Waals surface area contributed by atoms with Gasteiger partial charge in [0.15, 0.2) is 5.78 Å². The molecule has 2 aromatic rings. The number of ether oxygens (including phenoxy) is 1. The van der Waals surface area contributed by atoms with Gasteiger partial charge in [0.2, 0.25) is 0 Å². The van der Waals surface area contributed by atoms with E-state index < -0.39 is 0 Å². The molecule has 0 bridgehead atoms. The number of hydrogen-bond donors (Lipinski definition) is 1. The number of rotatable bonds is 5. The molecule has 1 fully saturated rings. The van der Waals surface area contributed by atoms with Gasteiger partial charge >= 0.3 is 0 Å². The van der Waals surface area contributed by atoms with E-state index in [1.165, 1.54) is 37.6 Å². The van der Waals surface area contributed by atoms with Crippen LogP contribution >= 0.6 is 0 Å². The standard InChI is InChI=1S/C23H26N2O3/c1-3-21(26)19-13-16(7-9-22(19)28-2)23(27)24-17-8-6-15-10-12-25-11-4-5-20(25)18(15)14-17/h6-9,13-14,20H,3-5,10-12H2,1-2H3,(H,24,27). The second kappa shape index (κ2) is 7.76. The minimum Gasteiger partial charge on any atom is -0.496 e. The van der Waals surface area contributed by atoms with E-state index in [4.69, 9.17) is 4.74 Å². The Hall–Kier alpha value is -2.66. The lowest BCUT2D eigenvalue weighted by molar-refractivity contribution is 0.0985. The van der Waals surface area contributed by atoms with Gasteiger partial charge in [-0.2, -0.15) is 0 Å². The summed E-state index contributed by atoms with van der Waals surface area (Å²) >= 11 is 0. The van der Waals surface area contributed by atoms with Crippen LogP contribution in [0.3, 0.4) is 0 Å². The molecule has 0 radical (unpaired) electrons. The molecule has 2 aliphatic rings. The van der Waals surface area contributed by atoms with Crippen LogP contribution in [0.25, 0.3) is 0 Å². The van der Waals surface area contributed by atoms with Crippen LogP contribution in [0.15, 0.2) is 36.4 Å². The Morgan fingerprint density at radius 1 is 1.18 bits per heavy atom. The largest absolute Gasteiger partial charge is 0.496 e. The Morgan fingerprint density at radius 3 is 2.82 bits per heavy atom. The predicted molar refractivity (Wildman–Crippen MR) is 109 cm³/mol. The predicted octanol–water partition coefficient (Wildman–Crippen LogP) is 4.23. The zero-order valence-electron chi connectivity index (χ0n) is 16.5. The van der Waals surface area contributed by atoms with Crippen molar-refractivity contribution in [1.82, 2.24) is 4.90 Å². The van der Waals surface area contributed by atoms with Gasteiger partial charge in [0.25, 0.3) is 5.91 Å². The van der Waals surface area contributed by atoms with Crippen molar-refractivity contribution in [2.45, 2.75) is 38.6 Å². The number of carbonyl (C=O) groups excluding carboxylic acids is 2. The number of carbonyl (C=O) groups is 2. The summed E-state index contributed by atoms with van der Waals surface area (Å²) < 4.78 is 5.27. The summed E-state index contributed by atoms with van der Waals surface area (Å²) in [6, 6.07) is 11.7. The van der Waals surface area contributed by atoms with Gasteiger partial charge in [-0.25, -0.2) is 0 Å². The van der Waals surface area contributed by atoms with Crippen LogP contribution in [-0.4, -0.2) is 36.8 Å². The molecule has 5 heteroatoms. The maximum absolute atomic E-state index is 12.8. The average Bonchev–Trinajstić information content (AvgIpc) is 3.22. The summed E-state index contributed by atoms with van der Waals surface area (Å²) in [6.07, 6.45) is 3.86. The maximum Gasteiger partial charge on any atom is 0.255 e. The molecule has 146 valence electrons. The Kier molecular flexibility index (Phi) is 5.18. The van der Waals surface area contributed by atoms with Crippen LogP contribution in [-0.2, 0) is 6.42 Å².